The molecule has 2 heterocycles. The minimum Gasteiger partial charge on any atom is -0.476 e. The lowest BCUT2D eigenvalue weighted by molar-refractivity contribution is 0.0686. The third-order valence-electron chi connectivity index (χ3n) is 2.08. The summed E-state index contributed by atoms with van der Waals surface area (Å²) in [5, 5.41) is 22.1. The zero-order valence-corrected chi connectivity index (χ0v) is 10.1. The Morgan fingerprint density at radius 2 is 2.17 bits per heavy atom. The van der Waals surface area contributed by atoms with Crippen LogP contribution in [0.5, 0.6) is 0 Å². The summed E-state index contributed by atoms with van der Waals surface area (Å²) < 4.78 is 0.986. The first kappa shape index (κ1) is 12.4. The van der Waals surface area contributed by atoms with Crippen LogP contribution in [0, 0.1) is 11.3 Å². The van der Waals surface area contributed by atoms with Gasteiger partial charge < -0.3 is 5.11 Å². The number of carboxylic acid groups (broad SMARTS) is 1. The van der Waals surface area contributed by atoms with Crippen molar-refractivity contribution in [3.63, 3.8) is 0 Å². The Kier molecular flexibility index (Phi) is 3.19. The van der Waals surface area contributed by atoms with Crippen molar-refractivity contribution < 1.29 is 9.90 Å². The lowest BCUT2D eigenvalue weighted by Crippen LogP contribution is -2.11. The van der Waals surface area contributed by atoms with Gasteiger partial charge in [-0.25, -0.2) is 14.5 Å². The van der Waals surface area contributed by atoms with E-state index in [9.17, 15) is 4.79 Å². The van der Waals surface area contributed by atoms with Crippen LogP contribution >= 0.6 is 23.2 Å². The summed E-state index contributed by atoms with van der Waals surface area (Å²) in [5.41, 5.74) is -0.371. The third-order valence-corrected chi connectivity index (χ3v) is 2.57. The van der Waals surface area contributed by atoms with E-state index in [1.807, 2.05) is 0 Å². The number of hydrogen-bond acceptors (Lipinski definition) is 4. The predicted molar refractivity (Wildman–Crippen MR) is 63.1 cm³/mol. The Bertz CT molecular complexity index is 675. The number of carboxylic acids is 1. The van der Waals surface area contributed by atoms with Gasteiger partial charge >= 0.3 is 5.97 Å². The molecule has 6 nitrogen and oxygen atoms in total. The number of rotatable bonds is 2. The van der Waals surface area contributed by atoms with E-state index in [-0.39, 0.29) is 22.1 Å². The van der Waals surface area contributed by atoms with Crippen molar-refractivity contribution in [2.45, 2.75) is 0 Å². The highest BCUT2D eigenvalue weighted by Crippen LogP contribution is 2.23. The van der Waals surface area contributed by atoms with E-state index in [1.165, 1.54) is 12.3 Å². The van der Waals surface area contributed by atoms with Crippen LogP contribution in [0.25, 0.3) is 5.82 Å². The Balaban J connectivity index is 2.69. The summed E-state index contributed by atoms with van der Waals surface area (Å²) in [6, 6.07) is 3.14. The van der Waals surface area contributed by atoms with Gasteiger partial charge in [0.25, 0.3) is 0 Å². The summed E-state index contributed by atoms with van der Waals surface area (Å²) in [6.45, 7) is 0. The Hall–Kier alpha value is -2.10. The van der Waals surface area contributed by atoms with E-state index in [0.29, 0.717) is 5.02 Å². The first-order valence-electron chi connectivity index (χ1n) is 4.57. The fourth-order valence-electron chi connectivity index (χ4n) is 1.36. The molecule has 0 fully saturated rings. The quantitative estimate of drug-likeness (QED) is 0.911. The largest absolute Gasteiger partial charge is 0.476 e. The van der Waals surface area contributed by atoms with Crippen LogP contribution in [0.4, 0.5) is 0 Å². The van der Waals surface area contributed by atoms with Gasteiger partial charge in [-0.1, -0.05) is 23.2 Å². The summed E-state index contributed by atoms with van der Waals surface area (Å²) in [6.07, 6.45) is 2.44. The molecule has 0 unspecified atom stereocenters. The van der Waals surface area contributed by atoms with E-state index in [0.717, 1.165) is 10.9 Å². The fourth-order valence-corrected chi connectivity index (χ4v) is 1.82. The Morgan fingerprint density at radius 3 is 2.72 bits per heavy atom. The molecule has 18 heavy (non-hydrogen) atoms. The van der Waals surface area contributed by atoms with Crippen LogP contribution in [0.3, 0.4) is 0 Å². The average molecular weight is 283 g/mol. The molecule has 0 aromatic carbocycles. The molecular weight excluding hydrogens is 279 g/mol. The molecule has 2 rings (SSSR count). The van der Waals surface area contributed by atoms with Gasteiger partial charge in [0.15, 0.2) is 11.5 Å². The summed E-state index contributed by atoms with van der Waals surface area (Å²) in [7, 11) is 0. The van der Waals surface area contributed by atoms with Crippen LogP contribution in [-0.2, 0) is 0 Å². The fraction of sp³-hybridized carbons (Fsp3) is 0. The molecule has 0 bridgehead atoms. The maximum Gasteiger partial charge on any atom is 0.356 e. The number of carbonyl (C=O) groups is 1. The van der Waals surface area contributed by atoms with Gasteiger partial charge in [0.2, 0.25) is 0 Å². The molecule has 90 valence electrons. The Morgan fingerprint density at radius 1 is 1.44 bits per heavy atom. The molecule has 1 N–H and O–H groups in total. The molecular formula is C10H4Cl2N4O2. The van der Waals surface area contributed by atoms with E-state index < -0.39 is 5.97 Å². The van der Waals surface area contributed by atoms with Crippen molar-refractivity contribution >= 4 is 29.2 Å². The van der Waals surface area contributed by atoms with Crippen LogP contribution in [-0.4, -0.2) is 25.8 Å². The van der Waals surface area contributed by atoms with Gasteiger partial charge in [0.1, 0.15) is 11.6 Å². The molecule has 8 heteroatoms. The molecule has 0 aliphatic rings. The zero-order valence-electron chi connectivity index (χ0n) is 8.63. The number of halogens is 2. The van der Waals surface area contributed by atoms with Crippen molar-refractivity contribution in [1.82, 2.24) is 14.8 Å². The summed E-state index contributed by atoms with van der Waals surface area (Å²) >= 11 is 11.6. The van der Waals surface area contributed by atoms with Gasteiger partial charge in [-0.2, -0.15) is 10.4 Å². The molecule has 0 aliphatic carbocycles. The topological polar surface area (TPSA) is 91.8 Å². The SMILES string of the molecule is N#Cc1cnn(-c2ncc(Cl)cc2Cl)c1C(=O)O. The summed E-state index contributed by atoms with van der Waals surface area (Å²) in [4.78, 5) is 15.0. The first-order valence-corrected chi connectivity index (χ1v) is 5.33. The highest BCUT2D eigenvalue weighted by molar-refractivity contribution is 6.35. The highest BCUT2D eigenvalue weighted by Gasteiger charge is 2.21. The van der Waals surface area contributed by atoms with Crippen LogP contribution in [0.2, 0.25) is 10.0 Å². The zero-order chi connectivity index (χ0) is 13.3. The van der Waals surface area contributed by atoms with Gasteiger partial charge in [0, 0.05) is 6.20 Å². The smallest absolute Gasteiger partial charge is 0.356 e. The van der Waals surface area contributed by atoms with Crippen molar-refractivity contribution in [2.75, 3.05) is 0 Å². The number of nitrogens with zero attached hydrogens (tertiary/aromatic N) is 4. The number of nitriles is 1. The van der Waals surface area contributed by atoms with E-state index >= 15 is 0 Å². The molecule has 0 spiro atoms. The maximum atomic E-state index is 11.1. The second-order valence-electron chi connectivity index (χ2n) is 3.19. The van der Waals surface area contributed by atoms with E-state index in [2.05, 4.69) is 10.1 Å². The minimum atomic E-state index is -1.29. The Labute approximate surface area is 111 Å². The molecule has 0 atom stereocenters. The van der Waals surface area contributed by atoms with Crippen molar-refractivity contribution in [3.05, 3.63) is 39.8 Å². The van der Waals surface area contributed by atoms with Crippen molar-refractivity contribution in [1.29, 1.82) is 5.26 Å². The van der Waals surface area contributed by atoms with E-state index in [4.69, 9.17) is 33.6 Å². The third kappa shape index (κ3) is 2.01. The van der Waals surface area contributed by atoms with Gasteiger partial charge in [0.05, 0.1) is 16.2 Å². The maximum absolute atomic E-state index is 11.1. The molecule has 0 amide bonds. The molecule has 2 aromatic heterocycles. The molecule has 0 radical (unpaired) electrons. The van der Waals surface area contributed by atoms with Gasteiger partial charge in [-0.3, -0.25) is 0 Å². The number of aromatic carboxylic acids is 1. The predicted octanol–water partition coefficient (Wildman–Crippen LogP) is 2.14. The number of aromatic nitrogens is 3. The van der Waals surface area contributed by atoms with Gasteiger partial charge in [-0.05, 0) is 6.07 Å². The molecule has 0 saturated carbocycles. The van der Waals surface area contributed by atoms with Crippen molar-refractivity contribution in [2.24, 2.45) is 0 Å². The lowest BCUT2D eigenvalue weighted by Gasteiger charge is -2.05. The second kappa shape index (κ2) is 4.64. The normalized spacial score (nSPS) is 10.1. The molecule has 0 aliphatic heterocycles. The van der Waals surface area contributed by atoms with Crippen LogP contribution < -0.4 is 0 Å². The van der Waals surface area contributed by atoms with Crippen LogP contribution in [0.1, 0.15) is 16.1 Å². The number of hydrogen-bond donors (Lipinski definition) is 1. The van der Waals surface area contributed by atoms with Crippen LogP contribution in [0.15, 0.2) is 18.5 Å². The number of pyridine rings is 1. The highest BCUT2D eigenvalue weighted by atomic mass is 35.5. The monoisotopic (exact) mass is 282 g/mol. The molecule has 0 saturated heterocycles. The summed E-state index contributed by atoms with van der Waals surface area (Å²) in [5.74, 6) is -1.20. The van der Waals surface area contributed by atoms with Gasteiger partial charge in [-0.15, -0.1) is 0 Å². The van der Waals surface area contributed by atoms with Crippen molar-refractivity contribution in [3.8, 4) is 11.9 Å². The first-order chi connectivity index (χ1) is 8.54. The molecule has 2 aromatic rings. The standard InChI is InChI=1S/C10H4Cl2N4O2/c11-6-1-7(12)9(14-4-6)16-8(10(17)18)5(2-13)3-15-16/h1,3-4H,(H,17,18). The van der Waals surface area contributed by atoms with E-state index in [1.54, 1.807) is 6.07 Å². The second-order valence-corrected chi connectivity index (χ2v) is 4.04. The average Bonchev–Trinajstić information content (AvgIpc) is 2.72. The lowest BCUT2D eigenvalue weighted by atomic mass is 10.2. The minimum absolute atomic E-state index is 0.0738.